The number of anilines is 1. The van der Waals surface area contributed by atoms with Crippen molar-refractivity contribution >= 4 is 5.69 Å². The molecule has 0 spiro atoms. The Kier molecular flexibility index (Phi) is 4.77. The third kappa shape index (κ3) is 3.45. The first kappa shape index (κ1) is 14.3. The molecule has 19 heavy (non-hydrogen) atoms. The van der Waals surface area contributed by atoms with Gasteiger partial charge < -0.3 is 15.1 Å². The Morgan fingerprint density at radius 3 is 2.89 bits per heavy atom. The third-order valence-electron chi connectivity index (χ3n) is 4.06. The zero-order valence-electron chi connectivity index (χ0n) is 12.1. The van der Waals surface area contributed by atoms with Crippen molar-refractivity contribution in [3.05, 3.63) is 30.1 Å². The smallest absolute Gasteiger partial charge is 0.125 e. The Hall–Kier alpha value is -1.13. The molecule has 0 aromatic heterocycles. The minimum Gasteiger partial charge on any atom is -0.366 e. The van der Waals surface area contributed by atoms with E-state index >= 15 is 0 Å². The summed E-state index contributed by atoms with van der Waals surface area (Å²) in [5, 5.41) is 3.25. The summed E-state index contributed by atoms with van der Waals surface area (Å²) in [5.41, 5.74) is 0.989. The lowest BCUT2D eigenvalue weighted by Crippen LogP contribution is -2.46. The van der Waals surface area contributed by atoms with Gasteiger partial charge in [-0.2, -0.15) is 0 Å². The van der Waals surface area contributed by atoms with E-state index in [4.69, 9.17) is 0 Å². The molecule has 2 atom stereocenters. The number of nitrogens with one attached hydrogen (secondary N) is 1. The fourth-order valence-corrected chi connectivity index (χ4v) is 2.74. The molecule has 1 aliphatic rings. The van der Waals surface area contributed by atoms with E-state index in [1.165, 1.54) is 6.07 Å². The molecule has 1 heterocycles. The van der Waals surface area contributed by atoms with Gasteiger partial charge in [-0.1, -0.05) is 6.07 Å². The molecule has 1 N–H and O–H groups in total. The second-order valence-electron chi connectivity index (χ2n) is 5.46. The van der Waals surface area contributed by atoms with Crippen molar-refractivity contribution in [2.45, 2.75) is 25.4 Å². The van der Waals surface area contributed by atoms with Gasteiger partial charge in [-0.3, -0.25) is 0 Å². The van der Waals surface area contributed by atoms with Crippen LogP contribution in [-0.2, 0) is 0 Å². The maximum absolute atomic E-state index is 13.4. The van der Waals surface area contributed by atoms with E-state index in [2.05, 4.69) is 29.1 Å². The second-order valence-corrected chi connectivity index (χ2v) is 5.46. The summed E-state index contributed by atoms with van der Waals surface area (Å²) in [6, 6.07) is 7.88. The van der Waals surface area contributed by atoms with Gasteiger partial charge in [-0.15, -0.1) is 0 Å². The molecule has 4 heteroatoms. The third-order valence-corrected chi connectivity index (χ3v) is 4.06. The summed E-state index contributed by atoms with van der Waals surface area (Å²) in [4.78, 5) is 4.72. The number of halogens is 1. The lowest BCUT2D eigenvalue weighted by molar-refractivity contribution is 0.254. The first-order valence-electron chi connectivity index (χ1n) is 6.99. The quantitative estimate of drug-likeness (QED) is 0.901. The number of hydrogen-bond donors (Lipinski definition) is 1. The molecule has 2 rings (SSSR count). The van der Waals surface area contributed by atoms with Crippen molar-refractivity contribution in [3.63, 3.8) is 0 Å². The number of nitrogens with zero attached hydrogens (tertiary/aromatic N) is 2. The maximum atomic E-state index is 13.4. The molecule has 0 saturated carbocycles. The number of likely N-dealkylation sites (N-methyl/N-ethyl adjacent to an activating group) is 2. The first-order chi connectivity index (χ1) is 9.11. The summed E-state index contributed by atoms with van der Waals surface area (Å²) in [5.74, 6) is -0.161. The fraction of sp³-hybridized carbons (Fsp3) is 0.600. The number of hydrogen-bond acceptors (Lipinski definition) is 3. The summed E-state index contributed by atoms with van der Waals surface area (Å²) < 4.78 is 13.4. The highest BCUT2D eigenvalue weighted by Crippen LogP contribution is 2.22. The Labute approximate surface area is 115 Å². The van der Waals surface area contributed by atoms with Gasteiger partial charge in [0.15, 0.2) is 0 Å². The van der Waals surface area contributed by atoms with E-state index in [1.54, 1.807) is 12.1 Å². The Bertz CT molecular complexity index is 410. The van der Waals surface area contributed by atoms with E-state index in [1.807, 2.05) is 13.1 Å². The van der Waals surface area contributed by atoms with Crippen molar-refractivity contribution in [2.24, 2.45) is 0 Å². The molecule has 2 unspecified atom stereocenters. The molecule has 106 valence electrons. The highest BCUT2D eigenvalue weighted by molar-refractivity contribution is 5.48. The number of benzene rings is 1. The molecule has 1 aromatic carbocycles. The van der Waals surface area contributed by atoms with Crippen LogP contribution in [0.1, 0.15) is 13.3 Å². The molecule has 1 aliphatic heterocycles. The van der Waals surface area contributed by atoms with Gasteiger partial charge in [-0.05, 0) is 45.6 Å². The second kappa shape index (κ2) is 6.35. The van der Waals surface area contributed by atoms with Crippen molar-refractivity contribution in [3.8, 4) is 0 Å². The van der Waals surface area contributed by atoms with E-state index < -0.39 is 0 Å². The molecular weight excluding hydrogens is 241 g/mol. The normalized spacial score (nSPS) is 25.4. The SMILES string of the molecule is CNCC1CN(C)C(C)CCN1c1cccc(F)c1. The van der Waals surface area contributed by atoms with E-state index in [0.717, 1.165) is 31.7 Å². The lowest BCUT2D eigenvalue weighted by atomic mass is 10.2. The van der Waals surface area contributed by atoms with Gasteiger partial charge in [0.1, 0.15) is 5.82 Å². The average molecular weight is 265 g/mol. The molecular formula is C15H24FN3. The standard InChI is InChI=1S/C15H24FN3/c1-12-7-8-19(14-6-4-5-13(16)9-14)15(10-17-2)11-18(12)3/h4-6,9,12,15,17H,7-8,10-11H2,1-3H3. The molecule has 0 bridgehead atoms. The molecule has 0 aliphatic carbocycles. The Balaban J connectivity index is 2.24. The highest BCUT2D eigenvalue weighted by atomic mass is 19.1. The van der Waals surface area contributed by atoms with Crippen LogP contribution >= 0.6 is 0 Å². The molecule has 1 aromatic rings. The predicted molar refractivity (Wildman–Crippen MR) is 78.2 cm³/mol. The van der Waals surface area contributed by atoms with Gasteiger partial charge >= 0.3 is 0 Å². The first-order valence-corrected chi connectivity index (χ1v) is 6.99. The topological polar surface area (TPSA) is 18.5 Å². The largest absolute Gasteiger partial charge is 0.366 e. The van der Waals surface area contributed by atoms with E-state index in [-0.39, 0.29) is 5.82 Å². The van der Waals surface area contributed by atoms with Gasteiger partial charge in [0, 0.05) is 31.4 Å². The summed E-state index contributed by atoms with van der Waals surface area (Å²) in [7, 11) is 4.14. The zero-order valence-corrected chi connectivity index (χ0v) is 12.1. The Morgan fingerprint density at radius 1 is 1.42 bits per heavy atom. The van der Waals surface area contributed by atoms with Crippen LogP contribution in [0.4, 0.5) is 10.1 Å². The van der Waals surface area contributed by atoms with Gasteiger partial charge in [0.25, 0.3) is 0 Å². The van der Waals surface area contributed by atoms with Crippen LogP contribution < -0.4 is 10.2 Å². The predicted octanol–water partition coefficient (Wildman–Crippen LogP) is 1.94. The summed E-state index contributed by atoms with van der Waals surface area (Å²) in [6.45, 7) is 5.14. The van der Waals surface area contributed by atoms with Crippen molar-refractivity contribution in [1.82, 2.24) is 10.2 Å². The molecule has 1 fully saturated rings. The minimum atomic E-state index is -0.161. The van der Waals surface area contributed by atoms with Crippen LogP contribution in [0.2, 0.25) is 0 Å². The van der Waals surface area contributed by atoms with E-state index in [9.17, 15) is 4.39 Å². The van der Waals surface area contributed by atoms with Gasteiger partial charge in [0.05, 0.1) is 6.04 Å². The maximum Gasteiger partial charge on any atom is 0.125 e. The lowest BCUT2D eigenvalue weighted by Gasteiger charge is -2.33. The van der Waals surface area contributed by atoms with Gasteiger partial charge in [0.2, 0.25) is 0 Å². The summed E-state index contributed by atoms with van der Waals surface area (Å²) >= 11 is 0. The van der Waals surface area contributed by atoms with Crippen LogP contribution in [-0.4, -0.2) is 50.7 Å². The molecule has 0 amide bonds. The van der Waals surface area contributed by atoms with Crippen molar-refractivity contribution in [2.75, 3.05) is 38.6 Å². The highest BCUT2D eigenvalue weighted by Gasteiger charge is 2.26. The fourth-order valence-electron chi connectivity index (χ4n) is 2.74. The minimum absolute atomic E-state index is 0.161. The van der Waals surface area contributed by atoms with Crippen molar-refractivity contribution < 1.29 is 4.39 Å². The molecule has 0 radical (unpaired) electrons. The molecule has 3 nitrogen and oxygen atoms in total. The zero-order chi connectivity index (χ0) is 13.8. The monoisotopic (exact) mass is 265 g/mol. The van der Waals surface area contributed by atoms with Crippen LogP contribution in [0.3, 0.4) is 0 Å². The van der Waals surface area contributed by atoms with Gasteiger partial charge in [-0.25, -0.2) is 4.39 Å². The average Bonchev–Trinajstić information content (AvgIpc) is 2.51. The number of rotatable bonds is 3. The van der Waals surface area contributed by atoms with Crippen LogP contribution in [0, 0.1) is 5.82 Å². The Morgan fingerprint density at radius 2 is 2.21 bits per heavy atom. The van der Waals surface area contributed by atoms with E-state index in [0.29, 0.717) is 12.1 Å². The van der Waals surface area contributed by atoms with Crippen LogP contribution in [0.25, 0.3) is 0 Å². The molecule has 1 saturated heterocycles. The van der Waals surface area contributed by atoms with Crippen LogP contribution in [0.15, 0.2) is 24.3 Å². The van der Waals surface area contributed by atoms with Crippen LogP contribution in [0.5, 0.6) is 0 Å². The summed E-state index contributed by atoms with van der Waals surface area (Å²) in [6.07, 6.45) is 1.10. The van der Waals surface area contributed by atoms with Crippen molar-refractivity contribution in [1.29, 1.82) is 0 Å².